The number of ether oxygens (including phenoxy) is 1. The Morgan fingerprint density at radius 3 is 2.57 bits per heavy atom. The van der Waals surface area contributed by atoms with Crippen molar-refractivity contribution in [2.75, 3.05) is 6.54 Å². The second-order valence-corrected chi connectivity index (χ2v) is 8.89. The maximum absolute atomic E-state index is 13.8. The number of hydrogen-bond donors (Lipinski definition) is 1. The first kappa shape index (κ1) is 24.5. The van der Waals surface area contributed by atoms with E-state index in [1.807, 2.05) is 6.92 Å². The number of nitrogens with zero attached hydrogens (tertiary/aromatic N) is 2. The van der Waals surface area contributed by atoms with Crippen LogP contribution in [-0.2, 0) is 11.4 Å². The van der Waals surface area contributed by atoms with Crippen LogP contribution in [0.2, 0.25) is 5.02 Å². The summed E-state index contributed by atoms with van der Waals surface area (Å²) in [6.07, 6.45) is 1.72. The summed E-state index contributed by atoms with van der Waals surface area (Å²) in [4.78, 5) is 30.5. The van der Waals surface area contributed by atoms with Gasteiger partial charge in [0.25, 0.3) is 5.91 Å². The number of carbonyl (C=O) groups is 2. The number of aliphatic imine (C=N–C) groups is 1. The average molecular weight is 511 g/mol. The molecule has 9 heteroatoms. The molecule has 4 rings (SSSR count). The number of hydrogen-bond acceptors (Lipinski definition) is 5. The van der Waals surface area contributed by atoms with Crippen molar-refractivity contribution in [1.82, 2.24) is 4.90 Å². The number of carbonyl (C=O) groups excluding carboxylic acids is 1. The maximum atomic E-state index is 13.8. The van der Waals surface area contributed by atoms with E-state index in [0.29, 0.717) is 44.2 Å². The zero-order chi connectivity index (χ0) is 24.9. The molecule has 0 spiro atoms. The Morgan fingerprint density at radius 2 is 1.91 bits per heavy atom. The van der Waals surface area contributed by atoms with Crippen LogP contribution in [0.15, 0.2) is 76.6 Å². The Kier molecular flexibility index (Phi) is 7.53. The number of rotatable bonds is 7. The lowest BCUT2D eigenvalue weighted by molar-refractivity contribution is -0.122. The van der Waals surface area contributed by atoms with Gasteiger partial charge in [-0.25, -0.2) is 14.2 Å². The molecule has 1 amide bonds. The van der Waals surface area contributed by atoms with Crippen LogP contribution in [0.1, 0.15) is 28.4 Å². The Morgan fingerprint density at radius 1 is 1.17 bits per heavy atom. The summed E-state index contributed by atoms with van der Waals surface area (Å²) < 4.78 is 19.5. The molecule has 1 heterocycles. The van der Waals surface area contributed by atoms with Gasteiger partial charge in [-0.05, 0) is 72.8 Å². The minimum absolute atomic E-state index is 0.0416. The first-order valence-electron chi connectivity index (χ1n) is 10.6. The lowest BCUT2D eigenvalue weighted by Gasteiger charge is -2.12. The molecule has 1 fully saturated rings. The van der Waals surface area contributed by atoms with Gasteiger partial charge in [-0.2, -0.15) is 0 Å². The van der Waals surface area contributed by atoms with E-state index >= 15 is 0 Å². The number of thioether (sulfide) groups is 1. The fraction of sp³-hybridized carbons (Fsp3) is 0.115. The summed E-state index contributed by atoms with van der Waals surface area (Å²) in [7, 11) is 0. The van der Waals surface area contributed by atoms with Gasteiger partial charge in [0.05, 0.1) is 21.2 Å². The molecule has 35 heavy (non-hydrogen) atoms. The number of carboxylic acids is 1. The van der Waals surface area contributed by atoms with Gasteiger partial charge in [-0.1, -0.05) is 35.9 Å². The monoisotopic (exact) mass is 510 g/mol. The largest absolute Gasteiger partial charge is 0.487 e. The van der Waals surface area contributed by atoms with Crippen molar-refractivity contribution in [2.45, 2.75) is 13.5 Å². The molecule has 178 valence electrons. The van der Waals surface area contributed by atoms with E-state index in [1.165, 1.54) is 30.0 Å². The van der Waals surface area contributed by atoms with Crippen LogP contribution >= 0.6 is 23.4 Å². The van der Waals surface area contributed by atoms with Crippen LogP contribution in [0.5, 0.6) is 5.75 Å². The van der Waals surface area contributed by atoms with Crippen molar-refractivity contribution >= 4 is 52.2 Å². The molecule has 3 aromatic carbocycles. The predicted molar refractivity (Wildman–Crippen MR) is 136 cm³/mol. The first-order valence-corrected chi connectivity index (χ1v) is 11.8. The highest BCUT2D eigenvalue weighted by Gasteiger charge is 2.32. The normalized spacial score (nSPS) is 15.7. The standard InChI is InChI=1S/C26H20ClFN2O4S/c1-2-30-24(31)23(35-26(30)29-19-10-8-17(9-11-19)25(32)33)14-16-7-12-22(20(27)13-16)34-15-18-5-3-4-6-21(18)28/h3-14H,2,15H2,1H3,(H,32,33). The zero-order valence-electron chi connectivity index (χ0n) is 18.6. The summed E-state index contributed by atoms with van der Waals surface area (Å²) in [5, 5.41) is 9.89. The molecule has 0 atom stereocenters. The molecule has 1 saturated heterocycles. The third-order valence-corrected chi connectivity index (χ3v) is 6.44. The molecule has 1 aliphatic heterocycles. The van der Waals surface area contributed by atoms with Crippen LogP contribution in [-0.4, -0.2) is 33.6 Å². The van der Waals surface area contributed by atoms with Crippen LogP contribution in [0.4, 0.5) is 10.1 Å². The molecule has 1 N–H and O–H groups in total. The first-order chi connectivity index (χ1) is 16.9. The van der Waals surface area contributed by atoms with Gasteiger partial charge in [0.15, 0.2) is 5.17 Å². The molecule has 0 saturated carbocycles. The van der Waals surface area contributed by atoms with Crippen molar-refractivity contribution in [1.29, 1.82) is 0 Å². The van der Waals surface area contributed by atoms with Gasteiger partial charge >= 0.3 is 5.97 Å². The summed E-state index contributed by atoms with van der Waals surface area (Å²) in [6, 6.07) is 17.6. The number of amides is 1. The number of likely N-dealkylation sites (N-methyl/N-ethyl adjacent to an activating group) is 1. The summed E-state index contributed by atoms with van der Waals surface area (Å²) >= 11 is 7.59. The molecule has 0 bridgehead atoms. The average Bonchev–Trinajstić information content (AvgIpc) is 3.13. The van der Waals surface area contributed by atoms with Gasteiger partial charge in [-0.15, -0.1) is 0 Å². The predicted octanol–water partition coefficient (Wildman–Crippen LogP) is 6.38. The SMILES string of the molecule is CCN1C(=O)C(=Cc2ccc(OCc3ccccc3F)c(Cl)c2)SC1=Nc1ccc(C(=O)O)cc1. The van der Waals surface area contributed by atoms with Crippen LogP contribution in [0.3, 0.4) is 0 Å². The molecular formula is C26H20ClFN2O4S. The van der Waals surface area contributed by atoms with Crippen molar-refractivity contribution < 1.29 is 23.8 Å². The molecule has 0 radical (unpaired) electrons. The van der Waals surface area contributed by atoms with Crippen molar-refractivity contribution in [2.24, 2.45) is 4.99 Å². The highest BCUT2D eigenvalue weighted by atomic mass is 35.5. The lowest BCUT2D eigenvalue weighted by atomic mass is 10.2. The van der Waals surface area contributed by atoms with E-state index in [4.69, 9.17) is 21.4 Å². The van der Waals surface area contributed by atoms with Gasteiger partial charge in [0.1, 0.15) is 18.2 Å². The third-order valence-electron chi connectivity index (χ3n) is 5.14. The second kappa shape index (κ2) is 10.8. The summed E-state index contributed by atoms with van der Waals surface area (Å²) in [6.45, 7) is 2.32. The Hall–Kier alpha value is -3.62. The number of benzene rings is 3. The Bertz CT molecular complexity index is 1340. The topological polar surface area (TPSA) is 79.2 Å². The Balaban J connectivity index is 1.51. The molecule has 0 aromatic heterocycles. The van der Waals surface area contributed by atoms with Crippen LogP contribution in [0.25, 0.3) is 6.08 Å². The summed E-state index contributed by atoms with van der Waals surface area (Å²) in [5.41, 5.74) is 1.83. The van der Waals surface area contributed by atoms with Crippen molar-refractivity contribution in [3.8, 4) is 5.75 Å². The zero-order valence-corrected chi connectivity index (χ0v) is 20.1. The van der Waals surface area contributed by atoms with E-state index in [-0.39, 0.29) is 23.9 Å². The van der Waals surface area contributed by atoms with Gasteiger partial charge < -0.3 is 9.84 Å². The highest BCUT2D eigenvalue weighted by molar-refractivity contribution is 8.18. The minimum Gasteiger partial charge on any atom is -0.487 e. The molecule has 1 aliphatic rings. The fourth-order valence-electron chi connectivity index (χ4n) is 3.31. The van der Waals surface area contributed by atoms with Crippen LogP contribution < -0.4 is 4.74 Å². The minimum atomic E-state index is -1.02. The van der Waals surface area contributed by atoms with Crippen molar-refractivity contribution in [3.63, 3.8) is 0 Å². The quantitative estimate of drug-likeness (QED) is 0.373. The maximum Gasteiger partial charge on any atom is 0.335 e. The highest BCUT2D eigenvalue weighted by Crippen LogP contribution is 2.35. The van der Waals surface area contributed by atoms with E-state index in [2.05, 4.69) is 4.99 Å². The van der Waals surface area contributed by atoms with Gasteiger partial charge in [0.2, 0.25) is 0 Å². The molecule has 3 aromatic rings. The molecule has 6 nitrogen and oxygen atoms in total. The van der Waals surface area contributed by atoms with E-state index in [0.717, 1.165) is 0 Å². The third kappa shape index (κ3) is 5.72. The van der Waals surface area contributed by atoms with E-state index < -0.39 is 5.97 Å². The number of carboxylic acid groups (broad SMARTS) is 1. The smallest absolute Gasteiger partial charge is 0.335 e. The number of amidine groups is 1. The van der Waals surface area contributed by atoms with Crippen LogP contribution in [0, 0.1) is 5.82 Å². The van der Waals surface area contributed by atoms with Crippen molar-refractivity contribution in [3.05, 3.63) is 99.2 Å². The second-order valence-electron chi connectivity index (χ2n) is 7.48. The van der Waals surface area contributed by atoms with E-state index in [9.17, 15) is 14.0 Å². The Labute approximate surface area is 210 Å². The summed E-state index contributed by atoms with van der Waals surface area (Å²) in [5.74, 6) is -1.14. The number of aromatic carboxylic acids is 1. The molecular weight excluding hydrogens is 491 g/mol. The van der Waals surface area contributed by atoms with Gasteiger partial charge in [-0.3, -0.25) is 9.69 Å². The number of halogens is 2. The fourth-order valence-corrected chi connectivity index (χ4v) is 4.61. The molecule has 0 unspecified atom stereocenters. The lowest BCUT2D eigenvalue weighted by Crippen LogP contribution is -2.28. The molecule has 0 aliphatic carbocycles. The van der Waals surface area contributed by atoms with Gasteiger partial charge in [0, 0.05) is 12.1 Å². The van der Waals surface area contributed by atoms with E-state index in [1.54, 1.807) is 59.5 Å².